The molecule has 1 aromatic heterocycles. The van der Waals surface area contributed by atoms with E-state index in [2.05, 4.69) is 16.4 Å². The molecule has 0 fully saturated rings. The van der Waals surface area contributed by atoms with E-state index in [9.17, 15) is 0 Å². The summed E-state index contributed by atoms with van der Waals surface area (Å²) >= 11 is 0. The quantitative estimate of drug-likeness (QED) is 0.810. The molecular weight excluding hydrogens is 188 g/mol. The molecule has 4 heteroatoms. The summed E-state index contributed by atoms with van der Waals surface area (Å²) < 4.78 is 1.87. The van der Waals surface area contributed by atoms with Crippen molar-refractivity contribution in [2.45, 2.75) is 20.0 Å². The van der Waals surface area contributed by atoms with Crippen molar-refractivity contribution in [2.75, 3.05) is 0 Å². The van der Waals surface area contributed by atoms with Crippen LogP contribution in [0.4, 0.5) is 0 Å². The van der Waals surface area contributed by atoms with Gasteiger partial charge in [-0.2, -0.15) is 0 Å². The minimum atomic E-state index is 0.559. The highest BCUT2D eigenvalue weighted by Crippen LogP contribution is 2.10. The minimum absolute atomic E-state index is 0.559. The number of hydrogen-bond acceptors (Lipinski definition) is 3. The standard InChI is InChI=1S/C11H14N4/c1-9-7-13-14-15(9)8-11-5-3-2-4-10(11)6-12/h2-5,7H,6,8,12H2,1H3. The summed E-state index contributed by atoms with van der Waals surface area (Å²) in [5.41, 5.74) is 9.09. The van der Waals surface area contributed by atoms with E-state index in [4.69, 9.17) is 5.73 Å². The molecule has 1 heterocycles. The molecule has 2 N–H and O–H groups in total. The summed E-state index contributed by atoms with van der Waals surface area (Å²) in [5.74, 6) is 0. The Morgan fingerprint density at radius 1 is 1.27 bits per heavy atom. The first-order valence-corrected chi connectivity index (χ1v) is 4.93. The molecule has 0 atom stereocenters. The van der Waals surface area contributed by atoms with E-state index in [0.717, 1.165) is 17.8 Å². The van der Waals surface area contributed by atoms with Gasteiger partial charge in [0.25, 0.3) is 0 Å². The zero-order valence-electron chi connectivity index (χ0n) is 8.72. The molecule has 0 aliphatic rings. The normalized spacial score (nSPS) is 10.5. The molecule has 0 amide bonds. The Morgan fingerprint density at radius 2 is 2.00 bits per heavy atom. The Hall–Kier alpha value is -1.68. The summed E-state index contributed by atoms with van der Waals surface area (Å²) in [6, 6.07) is 8.13. The molecule has 0 aliphatic heterocycles. The van der Waals surface area contributed by atoms with E-state index in [1.165, 1.54) is 5.56 Å². The zero-order chi connectivity index (χ0) is 10.7. The van der Waals surface area contributed by atoms with Crippen LogP contribution in [-0.2, 0) is 13.1 Å². The number of benzene rings is 1. The van der Waals surface area contributed by atoms with E-state index in [1.54, 1.807) is 6.20 Å². The topological polar surface area (TPSA) is 56.7 Å². The summed E-state index contributed by atoms with van der Waals surface area (Å²) in [4.78, 5) is 0. The minimum Gasteiger partial charge on any atom is -0.326 e. The third-order valence-corrected chi connectivity index (χ3v) is 2.47. The second-order valence-electron chi connectivity index (χ2n) is 3.51. The maximum Gasteiger partial charge on any atom is 0.0722 e. The van der Waals surface area contributed by atoms with Gasteiger partial charge in [0, 0.05) is 6.54 Å². The lowest BCUT2D eigenvalue weighted by molar-refractivity contribution is 0.629. The molecule has 15 heavy (non-hydrogen) atoms. The Morgan fingerprint density at radius 3 is 2.60 bits per heavy atom. The van der Waals surface area contributed by atoms with Crippen LogP contribution in [0, 0.1) is 6.92 Å². The van der Waals surface area contributed by atoms with Crippen LogP contribution in [0.2, 0.25) is 0 Å². The Kier molecular flexibility index (Phi) is 2.78. The van der Waals surface area contributed by atoms with Crippen molar-refractivity contribution in [3.8, 4) is 0 Å². The number of aryl methyl sites for hydroxylation is 1. The number of nitrogens with zero attached hydrogens (tertiary/aromatic N) is 3. The van der Waals surface area contributed by atoms with Gasteiger partial charge in [-0.1, -0.05) is 29.5 Å². The predicted octanol–water partition coefficient (Wildman–Crippen LogP) is 1.09. The largest absolute Gasteiger partial charge is 0.326 e. The molecule has 0 unspecified atom stereocenters. The first kappa shape index (κ1) is 9.86. The van der Waals surface area contributed by atoms with Gasteiger partial charge in [-0.15, -0.1) is 5.10 Å². The van der Waals surface area contributed by atoms with Crippen molar-refractivity contribution in [1.82, 2.24) is 15.0 Å². The fraction of sp³-hybridized carbons (Fsp3) is 0.273. The zero-order valence-corrected chi connectivity index (χ0v) is 8.72. The van der Waals surface area contributed by atoms with Gasteiger partial charge >= 0.3 is 0 Å². The third-order valence-electron chi connectivity index (χ3n) is 2.47. The first-order valence-electron chi connectivity index (χ1n) is 4.93. The van der Waals surface area contributed by atoms with Crippen LogP contribution < -0.4 is 5.73 Å². The molecule has 0 saturated carbocycles. The van der Waals surface area contributed by atoms with Crippen molar-refractivity contribution in [3.05, 3.63) is 47.3 Å². The van der Waals surface area contributed by atoms with Gasteiger partial charge in [0.2, 0.25) is 0 Å². The highest BCUT2D eigenvalue weighted by molar-refractivity contribution is 5.27. The second kappa shape index (κ2) is 4.23. The smallest absolute Gasteiger partial charge is 0.0722 e. The van der Waals surface area contributed by atoms with E-state index in [0.29, 0.717) is 6.54 Å². The van der Waals surface area contributed by atoms with Crippen LogP contribution in [-0.4, -0.2) is 15.0 Å². The lowest BCUT2D eigenvalue weighted by atomic mass is 10.1. The van der Waals surface area contributed by atoms with Crippen LogP contribution in [0.3, 0.4) is 0 Å². The fourth-order valence-corrected chi connectivity index (χ4v) is 1.54. The van der Waals surface area contributed by atoms with Crippen molar-refractivity contribution in [3.63, 3.8) is 0 Å². The average Bonchev–Trinajstić information content (AvgIpc) is 2.65. The lowest BCUT2D eigenvalue weighted by Gasteiger charge is -2.08. The van der Waals surface area contributed by atoms with E-state index < -0.39 is 0 Å². The molecule has 2 rings (SSSR count). The second-order valence-corrected chi connectivity index (χ2v) is 3.51. The molecule has 1 aromatic carbocycles. The van der Waals surface area contributed by atoms with Gasteiger partial charge in [0.05, 0.1) is 18.4 Å². The van der Waals surface area contributed by atoms with Gasteiger partial charge in [-0.05, 0) is 18.1 Å². The molecule has 4 nitrogen and oxygen atoms in total. The molecule has 0 aliphatic carbocycles. The molecule has 0 bridgehead atoms. The maximum atomic E-state index is 5.67. The number of nitrogens with two attached hydrogens (primary N) is 1. The summed E-state index contributed by atoms with van der Waals surface area (Å²) in [7, 11) is 0. The molecule has 0 saturated heterocycles. The monoisotopic (exact) mass is 202 g/mol. The summed E-state index contributed by atoms with van der Waals surface area (Å²) in [6.45, 7) is 3.29. The van der Waals surface area contributed by atoms with E-state index in [1.807, 2.05) is 29.8 Å². The van der Waals surface area contributed by atoms with Gasteiger partial charge in [-0.3, -0.25) is 0 Å². The van der Waals surface area contributed by atoms with Gasteiger partial charge in [-0.25, -0.2) is 4.68 Å². The van der Waals surface area contributed by atoms with Crippen molar-refractivity contribution in [2.24, 2.45) is 5.73 Å². The SMILES string of the molecule is Cc1cnnn1Cc1ccccc1CN. The Bertz CT molecular complexity index is 447. The van der Waals surface area contributed by atoms with Gasteiger partial charge in [0.15, 0.2) is 0 Å². The number of hydrogen-bond donors (Lipinski definition) is 1. The molecule has 2 aromatic rings. The maximum absolute atomic E-state index is 5.67. The van der Waals surface area contributed by atoms with Crippen LogP contribution >= 0.6 is 0 Å². The van der Waals surface area contributed by atoms with Crippen LogP contribution in [0.15, 0.2) is 30.5 Å². The Balaban J connectivity index is 2.28. The van der Waals surface area contributed by atoms with Crippen molar-refractivity contribution >= 4 is 0 Å². The predicted molar refractivity (Wildman–Crippen MR) is 58.2 cm³/mol. The molecule has 78 valence electrons. The van der Waals surface area contributed by atoms with Crippen LogP contribution in [0.5, 0.6) is 0 Å². The molecule has 0 spiro atoms. The van der Waals surface area contributed by atoms with Crippen molar-refractivity contribution < 1.29 is 0 Å². The fourth-order valence-electron chi connectivity index (χ4n) is 1.54. The number of aromatic nitrogens is 3. The third kappa shape index (κ3) is 2.05. The summed E-state index contributed by atoms with van der Waals surface area (Å²) in [6.07, 6.45) is 1.76. The van der Waals surface area contributed by atoms with Gasteiger partial charge in [0.1, 0.15) is 0 Å². The summed E-state index contributed by atoms with van der Waals surface area (Å²) in [5, 5.41) is 7.87. The highest BCUT2D eigenvalue weighted by atomic mass is 15.4. The molecular formula is C11H14N4. The van der Waals surface area contributed by atoms with E-state index >= 15 is 0 Å². The number of rotatable bonds is 3. The van der Waals surface area contributed by atoms with Crippen LogP contribution in [0.25, 0.3) is 0 Å². The lowest BCUT2D eigenvalue weighted by Crippen LogP contribution is -2.08. The van der Waals surface area contributed by atoms with E-state index in [-0.39, 0.29) is 0 Å². The highest BCUT2D eigenvalue weighted by Gasteiger charge is 2.03. The van der Waals surface area contributed by atoms with Gasteiger partial charge < -0.3 is 5.73 Å². The average molecular weight is 202 g/mol. The van der Waals surface area contributed by atoms with Crippen molar-refractivity contribution in [1.29, 1.82) is 0 Å². The Labute approximate surface area is 88.7 Å². The molecule has 0 radical (unpaired) electrons. The first-order chi connectivity index (χ1) is 7.31. The van der Waals surface area contributed by atoms with Crippen LogP contribution in [0.1, 0.15) is 16.8 Å².